The topological polar surface area (TPSA) is 84.2 Å². The molecule has 2 N–H and O–H groups in total. The van der Waals surface area contributed by atoms with E-state index < -0.39 is 11.8 Å². The van der Waals surface area contributed by atoms with Crippen LogP contribution in [0.2, 0.25) is 0 Å². The highest BCUT2D eigenvalue weighted by molar-refractivity contribution is 6.39. The van der Waals surface area contributed by atoms with E-state index in [1.165, 1.54) is 19.3 Å². The van der Waals surface area contributed by atoms with Gasteiger partial charge in [0.2, 0.25) is 0 Å². The zero-order valence-corrected chi connectivity index (χ0v) is 12.0. The van der Waals surface area contributed by atoms with Crippen molar-refractivity contribution in [2.24, 2.45) is 5.92 Å². The summed E-state index contributed by atoms with van der Waals surface area (Å²) in [4.78, 5) is 23.5. The van der Waals surface area contributed by atoms with Gasteiger partial charge in [-0.15, -0.1) is 0 Å². The number of anilines is 1. The van der Waals surface area contributed by atoms with Crippen LogP contribution in [0, 0.1) is 12.8 Å². The lowest BCUT2D eigenvalue weighted by Gasteiger charge is -2.24. The molecule has 0 atom stereocenters. The Balaban J connectivity index is 1.80. The minimum absolute atomic E-state index is 0.506. The number of carbonyl (C=O) groups is 2. The number of amides is 2. The van der Waals surface area contributed by atoms with Gasteiger partial charge < -0.3 is 15.2 Å². The van der Waals surface area contributed by atoms with Gasteiger partial charge in [0.15, 0.2) is 5.76 Å². The molecule has 0 aromatic carbocycles. The molecular formula is C14H21N3O3. The summed E-state index contributed by atoms with van der Waals surface area (Å²) < 4.78 is 5.06. The summed E-state index contributed by atoms with van der Waals surface area (Å²) in [5.41, 5.74) is 1.09. The van der Waals surface area contributed by atoms with Crippen molar-refractivity contribution in [1.82, 2.24) is 10.5 Å². The van der Waals surface area contributed by atoms with E-state index in [-0.39, 0.29) is 0 Å². The Kier molecular flexibility index (Phi) is 4.76. The largest absolute Gasteiger partial charge is 0.359 e. The van der Waals surface area contributed by atoms with Gasteiger partial charge in [-0.25, -0.2) is 0 Å². The minimum Gasteiger partial charge on any atom is -0.359 e. The van der Waals surface area contributed by atoms with Crippen LogP contribution >= 0.6 is 0 Å². The van der Waals surface area contributed by atoms with Crippen LogP contribution in [0.1, 0.15) is 44.1 Å². The summed E-state index contributed by atoms with van der Waals surface area (Å²) in [5.74, 6) is 0.0232. The monoisotopic (exact) mass is 279 g/mol. The Morgan fingerprint density at radius 2 is 2.10 bits per heavy atom. The lowest BCUT2D eigenvalue weighted by Crippen LogP contribution is -2.37. The predicted octanol–water partition coefficient (Wildman–Crippen LogP) is 1.79. The number of carbonyl (C=O) groups excluding carboxylic acids is 2. The first-order valence-corrected chi connectivity index (χ1v) is 7.16. The first-order chi connectivity index (χ1) is 9.61. The molecule has 6 heteroatoms. The summed E-state index contributed by atoms with van der Waals surface area (Å²) >= 11 is 0. The van der Waals surface area contributed by atoms with Crippen LogP contribution < -0.4 is 10.6 Å². The van der Waals surface area contributed by atoms with E-state index in [2.05, 4.69) is 15.8 Å². The van der Waals surface area contributed by atoms with Gasteiger partial charge in [-0.2, -0.15) is 0 Å². The number of nitrogens with zero attached hydrogens (tertiary/aromatic N) is 1. The van der Waals surface area contributed by atoms with Crippen molar-refractivity contribution >= 4 is 17.5 Å². The van der Waals surface area contributed by atoms with Crippen molar-refractivity contribution in [1.29, 1.82) is 0 Å². The Morgan fingerprint density at radius 1 is 1.35 bits per heavy atom. The molecule has 0 spiro atoms. The van der Waals surface area contributed by atoms with Gasteiger partial charge >= 0.3 is 11.8 Å². The third-order valence-corrected chi connectivity index (χ3v) is 3.76. The Morgan fingerprint density at radius 3 is 2.70 bits per heavy atom. The lowest BCUT2D eigenvalue weighted by molar-refractivity contribution is -0.136. The number of aromatic nitrogens is 1. The van der Waals surface area contributed by atoms with Crippen molar-refractivity contribution in [3.63, 3.8) is 0 Å². The van der Waals surface area contributed by atoms with Crippen LogP contribution in [0.3, 0.4) is 0 Å². The first-order valence-electron chi connectivity index (χ1n) is 7.16. The van der Waals surface area contributed by atoms with Crippen molar-refractivity contribution in [3.8, 4) is 0 Å². The Hall–Kier alpha value is -1.85. The van der Waals surface area contributed by atoms with Crippen LogP contribution in [0.5, 0.6) is 0 Å². The fraction of sp³-hybridized carbons (Fsp3) is 0.643. The van der Waals surface area contributed by atoms with Gasteiger partial charge in [0, 0.05) is 13.0 Å². The minimum atomic E-state index is -0.667. The maximum atomic E-state index is 11.8. The standard InChI is InChI=1S/C14H21N3O3/c1-3-11-12(9(2)17-20-11)16-14(19)13(18)15-8-7-10-5-4-6-10/h10H,3-8H2,1-2H3,(H,15,18)(H,16,19). The highest BCUT2D eigenvalue weighted by atomic mass is 16.5. The Bertz CT molecular complexity index is 492. The number of aryl methyl sites for hydroxylation is 2. The van der Waals surface area contributed by atoms with Crippen LogP contribution in [0.4, 0.5) is 5.69 Å². The molecule has 1 aliphatic rings. The molecule has 2 amide bonds. The van der Waals surface area contributed by atoms with E-state index in [1.807, 2.05) is 6.92 Å². The quantitative estimate of drug-likeness (QED) is 0.805. The fourth-order valence-corrected chi connectivity index (χ4v) is 2.24. The van der Waals surface area contributed by atoms with Crippen molar-refractivity contribution in [3.05, 3.63) is 11.5 Å². The van der Waals surface area contributed by atoms with Crippen LogP contribution in [0.25, 0.3) is 0 Å². The second-order valence-electron chi connectivity index (χ2n) is 5.22. The van der Waals surface area contributed by atoms with E-state index in [0.717, 1.165) is 6.42 Å². The van der Waals surface area contributed by atoms with E-state index >= 15 is 0 Å². The first kappa shape index (κ1) is 14.6. The number of rotatable bonds is 5. The summed E-state index contributed by atoms with van der Waals surface area (Å²) in [6, 6.07) is 0. The van der Waals surface area contributed by atoms with Gasteiger partial charge in [-0.1, -0.05) is 31.3 Å². The molecule has 1 heterocycles. The van der Waals surface area contributed by atoms with Gasteiger partial charge in [0.25, 0.3) is 0 Å². The number of nitrogens with one attached hydrogen (secondary N) is 2. The average Bonchev–Trinajstić information content (AvgIpc) is 2.73. The average molecular weight is 279 g/mol. The number of hydrogen-bond acceptors (Lipinski definition) is 4. The third kappa shape index (κ3) is 3.37. The molecule has 0 aliphatic heterocycles. The molecule has 0 saturated heterocycles. The summed E-state index contributed by atoms with van der Waals surface area (Å²) in [5, 5.41) is 9.00. The van der Waals surface area contributed by atoms with Gasteiger partial charge in [0.1, 0.15) is 11.4 Å². The molecule has 20 heavy (non-hydrogen) atoms. The second kappa shape index (κ2) is 6.54. The van der Waals surface area contributed by atoms with Crippen molar-refractivity contribution < 1.29 is 14.1 Å². The highest BCUT2D eigenvalue weighted by Gasteiger charge is 2.20. The van der Waals surface area contributed by atoms with Gasteiger partial charge in [-0.05, 0) is 19.3 Å². The second-order valence-corrected chi connectivity index (χ2v) is 5.22. The molecule has 110 valence electrons. The zero-order valence-electron chi connectivity index (χ0n) is 12.0. The molecule has 1 aromatic rings. The fourth-order valence-electron chi connectivity index (χ4n) is 2.24. The maximum Gasteiger partial charge on any atom is 0.313 e. The zero-order chi connectivity index (χ0) is 14.5. The maximum absolute atomic E-state index is 11.8. The SMILES string of the molecule is CCc1onc(C)c1NC(=O)C(=O)NCCC1CCC1. The number of hydrogen-bond donors (Lipinski definition) is 2. The molecule has 1 aliphatic carbocycles. The lowest BCUT2D eigenvalue weighted by atomic mass is 9.83. The van der Waals surface area contributed by atoms with E-state index in [9.17, 15) is 9.59 Å². The predicted molar refractivity (Wildman–Crippen MR) is 74.2 cm³/mol. The van der Waals surface area contributed by atoms with Crippen molar-refractivity contribution in [2.75, 3.05) is 11.9 Å². The third-order valence-electron chi connectivity index (χ3n) is 3.76. The van der Waals surface area contributed by atoms with E-state index in [4.69, 9.17) is 4.52 Å². The highest BCUT2D eigenvalue weighted by Crippen LogP contribution is 2.28. The van der Waals surface area contributed by atoms with Gasteiger partial charge in [0.05, 0.1) is 0 Å². The Labute approximate surface area is 118 Å². The molecule has 2 rings (SSSR count). The van der Waals surface area contributed by atoms with Crippen LogP contribution in [-0.2, 0) is 16.0 Å². The molecule has 0 bridgehead atoms. The summed E-state index contributed by atoms with van der Waals surface area (Å²) in [7, 11) is 0. The molecule has 1 aromatic heterocycles. The molecule has 1 fully saturated rings. The van der Waals surface area contributed by atoms with Gasteiger partial charge in [-0.3, -0.25) is 9.59 Å². The van der Waals surface area contributed by atoms with E-state index in [1.54, 1.807) is 6.92 Å². The van der Waals surface area contributed by atoms with E-state index in [0.29, 0.717) is 36.0 Å². The molecular weight excluding hydrogens is 258 g/mol. The normalized spacial score (nSPS) is 14.7. The van der Waals surface area contributed by atoms with Crippen LogP contribution in [0.15, 0.2) is 4.52 Å². The summed E-state index contributed by atoms with van der Waals surface area (Å²) in [6.45, 7) is 4.18. The smallest absolute Gasteiger partial charge is 0.313 e. The molecule has 6 nitrogen and oxygen atoms in total. The summed E-state index contributed by atoms with van der Waals surface area (Å²) in [6.07, 6.45) is 5.32. The molecule has 0 unspecified atom stereocenters. The molecule has 1 saturated carbocycles. The van der Waals surface area contributed by atoms with Crippen LogP contribution in [-0.4, -0.2) is 23.5 Å². The van der Waals surface area contributed by atoms with Crippen molar-refractivity contribution in [2.45, 2.75) is 46.0 Å². The molecule has 0 radical (unpaired) electrons.